The van der Waals surface area contributed by atoms with Crippen LogP contribution in [0.1, 0.15) is 45.4 Å². The molecule has 16 heavy (non-hydrogen) atoms. The topological polar surface area (TPSA) is 42.7 Å². The lowest BCUT2D eigenvalue weighted by Gasteiger charge is -2.17. The normalized spacial score (nSPS) is 25.1. The molecule has 90 valence electrons. The Morgan fingerprint density at radius 2 is 2.38 bits per heavy atom. The maximum atomic E-state index is 4.31. The molecule has 1 heterocycles. The molecule has 1 aromatic heterocycles. The zero-order valence-electron chi connectivity index (χ0n) is 10.3. The molecule has 1 aromatic rings. The van der Waals surface area contributed by atoms with Gasteiger partial charge in [0.2, 0.25) is 0 Å². The van der Waals surface area contributed by atoms with Crippen molar-refractivity contribution in [2.75, 3.05) is 0 Å². The summed E-state index contributed by atoms with van der Waals surface area (Å²) in [6.07, 6.45) is 6.80. The van der Waals surface area contributed by atoms with Crippen LogP contribution in [0.25, 0.3) is 0 Å². The number of rotatable bonds is 5. The summed E-state index contributed by atoms with van der Waals surface area (Å²) in [5.41, 5.74) is 0. The maximum Gasteiger partial charge on any atom is 0.140 e. The van der Waals surface area contributed by atoms with Crippen LogP contribution >= 0.6 is 0 Å². The number of hydrogen-bond donors (Lipinski definition) is 1. The SMILES string of the molecule is CCCn1ncnc1CNC1CCCC1C. The fraction of sp³-hybridized carbons (Fsp3) is 0.833. The third-order valence-electron chi connectivity index (χ3n) is 3.51. The standard InChI is InChI=1S/C12H22N4/c1-3-7-16-12(14-9-15-16)8-13-11-6-4-5-10(11)2/h9-11,13H,3-8H2,1-2H3. The minimum absolute atomic E-state index is 0.673. The van der Waals surface area contributed by atoms with E-state index >= 15 is 0 Å². The van der Waals surface area contributed by atoms with Gasteiger partial charge in [0.15, 0.2) is 0 Å². The highest BCUT2D eigenvalue weighted by Gasteiger charge is 2.22. The summed E-state index contributed by atoms with van der Waals surface area (Å²) < 4.78 is 2.01. The van der Waals surface area contributed by atoms with Gasteiger partial charge in [0, 0.05) is 12.6 Å². The van der Waals surface area contributed by atoms with Crippen molar-refractivity contribution < 1.29 is 0 Å². The molecule has 0 amide bonds. The first-order chi connectivity index (χ1) is 7.81. The summed E-state index contributed by atoms with van der Waals surface area (Å²) in [7, 11) is 0. The molecule has 1 aliphatic rings. The number of aryl methyl sites for hydroxylation is 1. The summed E-state index contributed by atoms with van der Waals surface area (Å²) in [5, 5.41) is 7.84. The van der Waals surface area contributed by atoms with Gasteiger partial charge in [0.25, 0.3) is 0 Å². The molecule has 1 N–H and O–H groups in total. The van der Waals surface area contributed by atoms with Gasteiger partial charge in [0.1, 0.15) is 12.2 Å². The summed E-state index contributed by atoms with van der Waals surface area (Å²) >= 11 is 0. The lowest BCUT2D eigenvalue weighted by molar-refractivity contribution is 0.412. The van der Waals surface area contributed by atoms with Crippen LogP contribution in [0.3, 0.4) is 0 Å². The molecule has 2 rings (SSSR count). The molecule has 1 aliphatic carbocycles. The predicted molar refractivity (Wildman–Crippen MR) is 64.0 cm³/mol. The minimum atomic E-state index is 0.673. The van der Waals surface area contributed by atoms with Gasteiger partial charge in [-0.2, -0.15) is 5.10 Å². The fourth-order valence-electron chi connectivity index (χ4n) is 2.49. The molecule has 1 fully saturated rings. The molecule has 2 atom stereocenters. The van der Waals surface area contributed by atoms with Crippen molar-refractivity contribution in [2.45, 2.75) is 58.7 Å². The molecule has 0 saturated heterocycles. The van der Waals surface area contributed by atoms with Gasteiger partial charge in [-0.1, -0.05) is 20.3 Å². The van der Waals surface area contributed by atoms with Gasteiger partial charge in [-0.15, -0.1) is 0 Å². The Kier molecular flexibility index (Phi) is 3.93. The van der Waals surface area contributed by atoms with E-state index in [1.165, 1.54) is 19.3 Å². The van der Waals surface area contributed by atoms with Gasteiger partial charge in [-0.05, 0) is 25.2 Å². The van der Waals surface area contributed by atoms with Gasteiger partial charge in [-0.3, -0.25) is 0 Å². The van der Waals surface area contributed by atoms with E-state index in [1.54, 1.807) is 6.33 Å². The highest BCUT2D eigenvalue weighted by molar-refractivity contribution is 4.87. The van der Waals surface area contributed by atoms with Crippen molar-refractivity contribution in [1.82, 2.24) is 20.1 Å². The minimum Gasteiger partial charge on any atom is -0.307 e. The van der Waals surface area contributed by atoms with Crippen molar-refractivity contribution in [3.8, 4) is 0 Å². The van der Waals surface area contributed by atoms with Crippen LogP contribution in [-0.4, -0.2) is 20.8 Å². The number of aromatic nitrogens is 3. The Bertz CT molecular complexity index is 321. The molecule has 1 saturated carbocycles. The smallest absolute Gasteiger partial charge is 0.140 e. The van der Waals surface area contributed by atoms with Crippen LogP contribution in [0.15, 0.2) is 6.33 Å². The van der Waals surface area contributed by atoms with E-state index in [4.69, 9.17) is 0 Å². The van der Waals surface area contributed by atoms with Crippen molar-refractivity contribution in [3.05, 3.63) is 12.2 Å². The second kappa shape index (κ2) is 5.43. The van der Waals surface area contributed by atoms with E-state index in [0.717, 1.165) is 31.3 Å². The number of nitrogens with zero attached hydrogens (tertiary/aromatic N) is 3. The molecule has 0 aromatic carbocycles. The molecular formula is C12H22N4. The van der Waals surface area contributed by atoms with Gasteiger partial charge < -0.3 is 5.32 Å². The average Bonchev–Trinajstić information content (AvgIpc) is 2.86. The summed E-state index contributed by atoms with van der Waals surface area (Å²) in [6, 6.07) is 0.673. The van der Waals surface area contributed by atoms with E-state index in [0.29, 0.717) is 6.04 Å². The lowest BCUT2D eigenvalue weighted by atomic mass is 10.1. The van der Waals surface area contributed by atoms with E-state index in [-0.39, 0.29) is 0 Å². The first kappa shape index (κ1) is 11.6. The summed E-state index contributed by atoms with van der Waals surface area (Å²) in [6.45, 7) is 6.33. The van der Waals surface area contributed by atoms with E-state index in [9.17, 15) is 0 Å². The first-order valence-corrected chi connectivity index (χ1v) is 6.41. The Morgan fingerprint density at radius 1 is 1.50 bits per heavy atom. The first-order valence-electron chi connectivity index (χ1n) is 6.41. The van der Waals surface area contributed by atoms with Crippen LogP contribution in [-0.2, 0) is 13.1 Å². The average molecular weight is 222 g/mol. The number of hydrogen-bond acceptors (Lipinski definition) is 3. The molecule has 4 nitrogen and oxygen atoms in total. The van der Waals surface area contributed by atoms with Crippen molar-refractivity contribution >= 4 is 0 Å². The van der Waals surface area contributed by atoms with Gasteiger partial charge in [-0.25, -0.2) is 9.67 Å². The third-order valence-corrected chi connectivity index (χ3v) is 3.51. The third kappa shape index (κ3) is 2.61. The van der Waals surface area contributed by atoms with Gasteiger partial charge in [0.05, 0.1) is 6.54 Å². The quantitative estimate of drug-likeness (QED) is 0.828. The Balaban J connectivity index is 1.86. The van der Waals surface area contributed by atoms with Crippen LogP contribution in [0.5, 0.6) is 0 Å². The highest BCUT2D eigenvalue weighted by atomic mass is 15.3. The highest BCUT2D eigenvalue weighted by Crippen LogP contribution is 2.24. The molecular weight excluding hydrogens is 200 g/mol. The molecule has 0 spiro atoms. The zero-order valence-corrected chi connectivity index (χ0v) is 10.3. The van der Waals surface area contributed by atoms with E-state index in [1.807, 2.05) is 4.68 Å². The monoisotopic (exact) mass is 222 g/mol. The van der Waals surface area contributed by atoms with Crippen molar-refractivity contribution in [1.29, 1.82) is 0 Å². The summed E-state index contributed by atoms with van der Waals surface area (Å²) in [5.74, 6) is 1.88. The lowest BCUT2D eigenvalue weighted by Crippen LogP contribution is -2.31. The van der Waals surface area contributed by atoms with Crippen LogP contribution < -0.4 is 5.32 Å². The Morgan fingerprint density at radius 3 is 3.06 bits per heavy atom. The molecule has 4 heteroatoms. The van der Waals surface area contributed by atoms with Gasteiger partial charge >= 0.3 is 0 Å². The largest absolute Gasteiger partial charge is 0.307 e. The van der Waals surface area contributed by atoms with Crippen LogP contribution in [0.4, 0.5) is 0 Å². The van der Waals surface area contributed by atoms with Crippen molar-refractivity contribution in [3.63, 3.8) is 0 Å². The van der Waals surface area contributed by atoms with Crippen LogP contribution in [0, 0.1) is 5.92 Å². The summed E-state index contributed by atoms with van der Waals surface area (Å²) in [4.78, 5) is 4.31. The molecule has 2 unspecified atom stereocenters. The molecule has 0 bridgehead atoms. The fourth-order valence-corrected chi connectivity index (χ4v) is 2.49. The molecule has 0 radical (unpaired) electrons. The second-order valence-electron chi connectivity index (χ2n) is 4.79. The predicted octanol–water partition coefficient (Wildman–Crippen LogP) is 1.97. The van der Waals surface area contributed by atoms with E-state index < -0.39 is 0 Å². The molecule has 0 aliphatic heterocycles. The van der Waals surface area contributed by atoms with Crippen molar-refractivity contribution in [2.24, 2.45) is 5.92 Å². The van der Waals surface area contributed by atoms with E-state index in [2.05, 4.69) is 29.2 Å². The zero-order chi connectivity index (χ0) is 11.4. The van der Waals surface area contributed by atoms with Crippen LogP contribution in [0.2, 0.25) is 0 Å². The Hall–Kier alpha value is -0.900. The number of nitrogens with one attached hydrogen (secondary N) is 1. The maximum absolute atomic E-state index is 4.31. The Labute approximate surface area is 97.5 Å². The second-order valence-corrected chi connectivity index (χ2v) is 4.79.